The zero-order valence-electron chi connectivity index (χ0n) is 11.3. The van der Waals surface area contributed by atoms with Crippen LogP contribution in [-0.2, 0) is 6.18 Å². The van der Waals surface area contributed by atoms with E-state index in [1.807, 2.05) is 0 Å². The second-order valence-corrected chi connectivity index (χ2v) is 5.39. The van der Waals surface area contributed by atoms with Gasteiger partial charge < -0.3 is 9.90 Å². The zero-order chi connectivity index (χ0) is 16.3. The first-order chi connectivity index (χ1) is 10.3. The average Bonchev–Trinajstić information content (AvgIpc) is 2.94. The number of hydrogen-bond acceptors (Lipinski definition) is 5. The molecule has 8 heteroatoms. The second-order valence-electron chi connectivity index (χ2n) is 4.30. The molecule has 1 aromatic carbocycles. The van der Waals surface area contributed by atoms with E-state index in [4.69, 9.17) is 0 Å². The molecular formula is C14H10F3N2O2S-. The van der Waals surface area contributed by atoms with Crippen LogP contribution in [0.5, 0.6) is 0 Å². The van der Waals surface area contributed by atoms with E-state index in [9.17, 15) is 23.1 Å². The maximum absolute atomic E-state index is 12.8. The Morgan fingerprint density at radius 1 is 1.18 bits per heavy atom. The fourth-order valence-corrected chi connectivity index (χ4v) is 2.45. The zero-order valence-corrected chi connectivity index (χ0v) is 12.1. The highest BCUT2D eigenvalue weighted by atomic mass is 32.1. The Morgan fingerprint density at radius 2 is 1.82 bits per heavy atom. The van der Waals surface area contributed by atoms with Crippen molar-refractivity contribution in [2.75, 3.05) is 5.43 Å². The third-order valence-electron chi connectivity index (χ3n) is 2.74. The van der Waals surface area contributed by atoms with Crippen LogP contribution in [0.3, 0.4) is 0 Å². The summed E-state index contributed by atoms with van der Waals surface area (Å²) in [5, 5.41) is 14.6. The fourth-order valence-electron chi connectivity index (χ4n) is 1.67. The molecule has 0 spiro atoms. The molecule has 1 N–H and O–H groups in total. The molecule has 22 heavy (non-hydrogen) atoms. The third kappa shape index (κ3) is 3.64. The van der Waals surface area contributed by atoms with E-state index in [0.717, 1.165) is 17.4 Å². The highest BCUT2D eigenvalue weighted by molar-refractivity contribution is 7.15. The molecule has 0 aliphatic carbocycles. The molecule has 0 atom stereocenters. The van der Waals surface area contributed by atoms with E-state index >= 15 is 0 Å². The molecule has 0 radical (unpaired) electrons. The van der Waals surface area contributed by atoms with E-state index in [-0.39, 0.29) is 10.6 Å². The third-order valence-corrected chi connectivity index (χ3v) is 3.91. The smallest absolute Gasteiger partial charge is 0.418 e. The maximum Gasteiger partial charge on any atom is 0.418 e. The minimum atomic E-state index is -4.49. The first kappa shape index (κ1) is 16.0. The summed E-state index contributed by atoms with van der Waals surface area (Å²) in [5.74, 6) is -1.31. The molecule has 0 bridgehead atoms. The summed E-state index contributed by atoms with van der Waals surface area (Å²) in [4.78, 5) is 11.2. The van der Waals surface area contributed by atoms with Gasteiger partial charge in [-0.1, -0.05) is 12.1 Å². The number of carbonyl (C=O) groups is 1. The number of nitrogens with zero attached hydrogens (tertiary/aromatic N) is 1. The SMILES string of the molecule is C/C(=N/Nc1ccccc1C(F)(F)F)c1ccc(C(=O)[O-])s1. The van der Waals surface area contributed by atoms with E-state index in [1.165, 1.54) is 30.3 Å². The predicted octanol–water partition coefficient (Wildman–Crippen LogP) is 2.97. The molecule has 1 aromatic heterocycles. The van der Waals surface area contributed by atoms with Crippen LogP contribution in [-0.4, -0.2) is 11.7 Å². The standard InChI is InChI=1S/C14H11F3N2O2S/c1-8(11-6-7-12(22-11)13(20)21)18-19-10-5-3-2-4-9(10)14(15,16)17/h2-7,19H,1H3,(H,20,21)/p-1/b18-8-. The Bertz CT molecular complexity index is 723. The molecule has 0 unspecified atom stereocenters. The first-order valence-electron chi connectivity index (χ1n) is 6.07. The number of carboxylic acid groups (broad SMARTS) is 1. The van der Waals surface area contributed by atoms with Gasteiger partial charge >= 0.3 is 6.18 Å². The normalized spacial score (nSPS) is 12.3. The monoisotopic (exact) mass is 327 g/mol. The molecule has 1 heterocycles. The molecule has 116 valence electrons. The number of carboxylic acids is 1. The summed E-state index contributed by atoms with van der Waals surface area (Å²) in [6, 6.07) is 7.84. The maximum atomic E-state index is 12.8. The molecule has 0 saturated carbocycles. The number of benzene rings is 1. The van der Waals surface area contributed by atoms with E-state index in [0.29, 0.717) is 10.6 Å². The van der Waals surface area contributed by atoms with Crippen LogP contribution in [0.25, 0.3) is 0 Å². The molecule has 4 nitrogen and oxygen atoms in total. The van der Waals surface area contributed by atoms with Crippen LogP contribution in [0.1, 0.15) is 27.0 Å². The molecule has 2 aromatic rings. The predicted molar refractivity (Wildman–Crippen MR) is 75.9 cm³/mol. The number of aromatic carboxylic acids is 1. The van der Waals surface area contributed by atoms with Gasteiger partial charge in [0, 0.05) is 0 Å². The number of hydrogen-bond donors (Lipinski definition) is 1. The van der Waals surface area contributed by atoms with Gasteiger partial charge in [-0.2, -0.15) is 18.3 Å². The Kier molecular flexibility index (Phi) is 4.51. The van der Waals surface area contributed by atoms with Crippen molar-refractivity contribution >= 4 is 28.7 Å². The largest absolute Gasteiger partial charge is 0.544 e. The minimum Gasteiger partial charge on any atom is -0.544 e. The Balaban J connectivity index is 2.22. The Labute approximate surface area is 127 Å². The van der Waals surface area contributed by atoms with Crippen molar-refractivity contribution in [1.82, 2.24) is 0 Å². The quantitative estimate of drug-likeness (QED) is 0.693. The number of thiophene rings is 1. The Hall–Kier alpha value is -2.35. The fraction of sp³-hybridized carbons (Fsp3) is 0.143. The van der Waals surface area contributed by atoms with Gasteiger partial charge in [0.2, 0.25) is 0 Å². The minimum absolute atomic E-state index is 0.0280. The number of hydrazone groups is 1. The van der Waals surface area contributed by atoms with Gasteiger partial charge in [-0.05, 0) is 31.2 Å². The summed E-state index contributed by atoms with van der Waals surface area (Å²) in [7, 11) is 0. The molecule has 2 rings (SSSR count). The van der Waals surface area contributed by atoms with Gasteiger partial charge in [0.25, 0.3) is 0 Å². The summed E-state index contributed by atoms with van der Waals surface area (Å²) in [5.41, 5.74) is 1.74. The number of carbonyl (C=O) groups excluding carboxylic acids is 1. The number of rotatable bonds is 4. The van der Waals surface area contributed by atoms with E-state index in [2.05, 4.69) is 10.5 Å². The van der Waals surface area contributed by atoms with Gasteiger partial charge in [0.05, 0.1) is 32.7 Å². The van der Waals surface area contributed by atoms with Crippen molar-refractivity contribution in [3.05, 3.63) is 51.7 Å². The molecule has 0 saturated heterocycles. The van der Waals surface area contributed by atoms with Gasteiger partial charge in [-0.25, -0.2) is 0 Å². The van der Waals surface area contributed by atoms with Crippen LogP contribution in [0, 0.1) is 0 Å². The lowest BCUT2D eigenvalue weighted by atomic mass is 10.2. The highest BCUT2D eigenvalue weighted by Gasteiger charge is 2.33. The van der Waals surface area contributed by atoms with Crippen molar-refractivity contribution in [3.8, 4) is 0 Å². The lowest BCUT2D eigenvalue weighted by molar-refractivity contribution is -0.254. The van der Waals surface area contributed by atoms with Gasteiger partial charge in [0.1, 0.15) is 0 Å². The number of anilines is 1. The molecule has 0 aliphatic heterocycles. The van der Waals surface area contributed by atoms with Crippen LogP contribution in [0.15, 0.2) is 41.5 Å². The van der Waals surface area contributed by atoms with Crippen molar-refractivity contribution in [2.24, 2.45) is 5.10 Å². The summed E-state index contributed by atoms with van der Waals surface area (Å²) in [6.45, 7) is 1.56. The molecule has 0 amide bonds. The number of halogens is 3. The van der Waals surface area contributed by atoms with Crippen LogP contribution in [0.2, 0.25) is 0 Å². The van der Waals surface area contributed by atoms with Crippen LogP contribution in [0.4, 0.5) is 18.9 Å². The average molecular weight is 327 g/mol. The van der Waals surface area contributed by atoms with Gasteiger partial charge in [0.15, 0.2) is 0 Å². The second kappa shape index (κ2) is 6.18. The lowest BCUT2D eigenvalue weighted by Gasteiger charge is -2.12. The highest BCUT2D eigenvalue weighted by Crippen LogP contribution is 2.34. The van der Waals surface area contributed by atoms with E-state index in [1.54, 1.807) is 6.92 Å². The summed E-state index contributed by atoms with van der Waals surface area (Å²) >= 11 is 0.939. The lowest BCUT2D eigenvalue weighted by Crippen LogP contribution is -2.20. The van der Waals surface area contributed by atoms with Gasteiger partial charge in [-0.15, -0.1) is 11.3 Å². The molecular weight excluding hydrogens is 317 g/mol. The number of para-hydroxylation sites is 1. The number of nitrogens with one attached hydrogen (secondary N) is 1. The van der Waals surface area contributed by atoms with E-state index < -0.39 is 17.7 Å². The van der Waals surface area contributed by atoms with Crippen molar-refractivity contribution < 1.29 is 23.1 Å². The molecule has 0 fully saturated rings. The van der Waals surface area contributed by atoms with Crippen LogP contribution >= 0.6 is 11.3 Å². The Morgan fingerprint density at radius 3 is 2.41 bits per heavy atom. The topological polar surface area (TPSA) is 64.5 Å². The van der Waals surface area contributed by atoms with Crippen molar-refractivity contribution in [1.29, 1.82) is 0 Å². The summed E-state index contributed by atoms with van der Waals surface area (Å²) in [6.07, 6.45) is -4.49. The number of alkyl halides is 3. The van der Waals surface area contributed by atoms with Gasteiger partial charge in [-0.3, -0.25) is 5.43 Å². The summed E-state index contributed by atoms with van der Waals surface area (Å²) < 4.78 is 38.5. The molecule has 0 aliphatic rings. The van der Waals surface area contributed by atoms with Crippen LogP contribution < -0.4 is 10.5 Å². The first-order valence-corrected chi connectivity index (χ1v) is 6.89. The van der Waals surface area contributed by atoms with Crippen molar-refractivity contribution in [3.63, 3.8) is 0 Å². The van der Waals surface area contributed by atoms with Crippen molar-refractivity contribution in [2.45, 2.75) is 13.1 Å².